The monoisotopic (exact) mass is 307 g/mol. The quantitative estimate of drug-likeness (QED) is 0.790. The number of rotatable bonds is 7. The van der Waals surface area contributed by atoms with Gasteiger partial charge in [-0.25, -0.2) is 0 Å². The van der Waals surface area contributed by atoms with Gasteiger partial charge in [0.2, 0.25) is 0 Å². The minimum Gasteiger partial charge on any atom is -0.485 e. The first-order valence-corrected chi connectivity index (χ1v) is 7.54. The van der Waals surface area contributed by atoms with Gasteiger partial charge in [-0.3, -0.25) is 4.79 Å². The summed E-state index contributed by atoms with van der Waals surface area (Å²) >= 11 is 1.14. The molecule has 6 nitrogen and oxygen atoms in total. The minimum atomic E-state index is -0.877. The lowest BCUT2D eigenvalue weighted by molar-refractivity contribution is -0.133. The zero-order valence-electron chi connectivity index (χ0n) is 11.9. The summed E-state index contributed by atoms with van der Waals surface area (Å²) in [6, 6.07) is 7.86. The van der Waals surface area contributed by atoms with Crippen LogP contribution in [0, 0.1) is 0 Å². The van der Waals surface area contributed by atoms with Crippen molar-refractivity contribution in [3.63, 3.8) is 0 Å². The Morgan fingerprint density at radius 1 is 1.38 bits per heavy atom. The second-order valence-corrected chi connectivity index (χ2v) is 5.33. The molecule has 0 fully saturated rings. The van der Waals surface area contributed by atoms with Crippen LogP contribution in [0.3, 0.4) is 0 Å². The van der Waals surface area contributed by atoms with E-state index in [0.717, 1.165) is 29.5 Å². The van der Waals surface area contributed by atoms with E-state index in [2.05, 4.69) is 17.1 Å². The summed E-state index contributed by atoms with van der Waals surface area (Å²) < 4.78 is 7.54. The van der Waals surface area contributed by atoms with Crippen LogP contribution >= 0.6 is 11.8 Å². The number of ether oxygens (including phenoxy) is 1. The SMILES string of the molecule is CCc1ccccc1OCc1nnc(SCC(=O)O)n1C. The van der Waals surface area contributed by atoms with Crippen LogP contribution in [0.25, 0.3) is 0 Å². The highest BCUT2D eigenvalue weighted by molar-refractivity contribution is 7.99. The molecule has 0 spiro atoms. The molecule has 1 heterocycles. The zero-order valence-corrected chi connectivity index (χ0v) is 12.8. The normalized spacial score (nSPS) is 10.6. The lowest BCUT2D eigenvalue weighted by atomic mass is 10.1. The fraction of sp³-hybridized carbons (Fsp3) is 0.357. The zero-order chi connectivity index (χ0) is 15.2. The molecule has 1 aromatic heterocycles. The predicted octanol–water partition coefficient (Wildman–Crippen LogP) is 2.13. The number of thioether (sulfide) groups is 1. The van der Waals surface area contributed by atoms with Crippen molar-refractivity contribution < 1.29 is 14.6 Å². The van der Waals surface area contributed by atoms with Gasteiger partial charge >= 0.3 is 5.97 Å². The number of nitrogens with zero attached hydrogens (tertiary/aromatic N) is 3. The first kappa shape index (κ1) is 15.4. The van der Waals surface area contributed by atoms with E-state index in [1.54, 1.807) is 11.6 Å². The molecule has 1 N–H and O–H groups in total. The Kier molecular flexibility index (Phi) is 5.21. The smallest absolute Gasteiger partial charge is 0.313 e. The van der Waals surface area contributed by atoms with Crippen LogP contribution < -0.4 is 4.74 Å². The Morgan fingerprint density at radius 3 is 2.86 bits per heavy atom. The number of carboxylic acids is 1. The van der Waals surface area contributed by atoms with Gasteiger partial charge in [-0.15, -0.1) is 10.2 Å². The van der Waals surface area contributed by atoms with Crippen molar-refractivity contribution in [1.82, 2.24) is 14.8 Å². The van der Waals surface area contributed by atoms with Crippen LogP contribution in [0.5, 0.6) is 5.75 Å². The third kappa shape index (κ3) is 3.98. The fourth-order valence-corrected chi connectivity index (χ4v) is 2.45. The highest BCUT2D eigenvalue weighted by Crippen LogP contribution is 2.20. The maximum absolute atomic E-state index is 10.6. The van der Waals surface area contributed by atoms with E-state index < -0.39 is 5.97 Å². The molecule has 0 saturated heterocycles. The van der Waals surface area contributed by atoms with Gasteiger partial charge in [0.25, 0.3) is 0 Å². The second-order valence-electron chi connectivity index (χ2n) is 4.39. The number of benzene rings is 1. The number of hydrogen-bond donors (Lipinski definition) is 1. The third-order valence-corrected chi connectivity index (χ3v) is 3.97. The average molecular weight is 307 g/mol. The van der Waals surface area contributed by atoms with Crippen molar-refractivity contribution in [2.45, 2.75) is 25.1 Å². The van der Waals surface area contributed by atoms with Crippen molar-refractivity contribution in [2.75, 3.05) is 5.75 Å². The van der Waals surface area contributed by atoms with Crippen LogP contribution in [-0.4, -0.2) is 31.6 Å². The largest absolute Gasteiger partial charge is 0.485 e. The van der Waals surface area contributed by atoms with Gasteiger partial charge in [-0.2, -0.15) is 0 Å². The van der Waals surface area contributed by atoms with Gasteiger partial charge in [-0.05, 0) is 18.1 Å². The van der Waals surface area contributed by atoms with Crippen LogP contribution in [0.15, 0.2) is 29.4 Å². The Morgan fingerprint density at radius 2 is 2.14 bits per heavy atom. The van der Waals surface area contributed by atoms with Crippen LogP contribution in [0.4, 0.5) is 0 Å². The molecule has 0 amide bonds. The molecular weight excluding hydrogens is 290 g/mol. The second kappa shape index (κ2) is 7.12. The molecule has 1 aromatic carbocycles. The van der Waals surface area contributed by atoms with E-state index in [-0.39, 0.29) is 5.75 Å². The summed E-state index contributed by atoms with van der Waals surface area (Å²) in [7, 11) is 1.80. The number of carbonyl (C=O) groups is 1. The molecule has 0 aliphatic heterocycles. The van der Waals surface area contributed by atoms with Crippen LogP contribution in [0.1, 0.15) is 18.3 Å². The van der Waals surface area contributed by atoms with Crippen molar-refractivity contribution >= 4 is 17.7 Å². The summed E-state index contributed by atoms with van der Waals surface area (Å²) in [5, 5.41) is 17.3. The molecule has 2 aromatic rings. The fourth-order valence-electron chi connectivity index (χ4n) is 1.80. The summed E-state index contributed by atoms with van der Waals surface area (Å²) in [6.45, 7) is 2.37. The molecule has 2 rings (SSSR count). The van der Waals surface area contributed by atoms with Crippen LogP contribution in [-0.2, 0) is 24.9 Å². The van der Waals surface area contributed by atoms with Crippen molar-refractivity contribution in [2.24, 2.45) is 7.05 Å². The molecule has 0 saturated carbocycles. The molecular formula is C14H17N3O3S. The van der Waals surface area contributed by atoms with E-state index >= 15 is 0 Å². The number of para-hydroxylation sites is 1. The average Bonchev–Trinajstić information content (AvgIpc) is 2.83. The number of aliphatic carboxylic acids is 1. The molecule has 0 aliphatic carbocycles. The standard InChI is InChI=1S/C14H17N3O3S/c1-3-10-6-4-5-7-11(10)20-8-12-15-16-14(17(12)2)21-9-13(18)19/h4-7H,3,8-9H2,1-2H3,(H,18,19). The number of aromatic nitrogens is 3. The van der Waals surface area contributed by atoms with Gasteiger partial charge in [0, 0.05) is 7.05 Å². The first-order valence-electron chi connectivity index (χ1n) is 6.55. The van der Waals surface area contributed by atoms with Gasteiger partial charge < -0.3 is 14.4 Å². The van der Waals surface area contributed by atoms with Gasteiger partial charge in [0.15, 0.2) is 11.0 Å². The summed E-state index contributed by atoms with van der Waals surface area (Å²) in [5.41, 5.74) is 1.14. The molecule has 0 radical (unpaired) electrons. The topological polar surface area (TPSA) is 77.2 Å². The van der Waals surface area contributed by atoms with Gasteiger partial charge in [-0.1, -0.05) is 36.9 Å². The van der Waals surface area contributed by atoms with E-state index in [0.29, 0.717) is 17.6 Å². The van der Waals surface area contributed by atoms with Crippen molar-refractivity contribution in [3.05, 3.63) is 35.7 Å². The number of aryl methyl sites for hydroxylation is 1. The Hall–Kier alpha value is -2.02. The lowest BCUT2D eigenvalue weighted by Gasteiger charge is -2.09. The minimum absolute atomic E-state index is 0.0362. The maximum Gasteiger partial charge on any atom is 0.313 e. The molecule has 21 heavy (non-hydrogen) atoms. The molecule has 0 atom stereocenters. The van der Waals surface area contributed by atoms with Crippen LogP contribution in [0.2, 0.25) is 0 Å². The molecule has 0 aliphatic rings. The molecule has 0 bridgehead atoms. The van der Waals surface area contributed by atoms with E-state index in [1.807, 2.05) is 24.3 Å². The third-order valence-electron chi connectivity index (χ3n) is 2.96. The lowest BCUT2D eigenvalue weighted by Crippen LogP contribution is -2.06. The molecule has 112 valence electrons. The molecule has 7 heteroatoms. The number of carboxylic acid groups (broad SMARTS) is 1. The van der Waals surface area contributed by atoms with Crippen molar-refractivity contribution in [1.29, 1.82) is 0 Å². The van der Waals surface area contributed by atoms with E-state index in [1.165, 1.54) is 0 Å². The van der Waals surface area contributed by atoms with Crippen molar-refractivity contribution in [3.8, 4) is 5.75 Å². The molecule has 0 unspecified atom stereocenters. The highest BCUT2D eigenvalue weighted by atomic mass is 32.2. The predicted molar refractivity (Wildman–Crippen MR) is 79.5 cm³/mol. The summed E-state index contributed by atoms with van der Waals surface area (Å²) in [5.74, 6) is 0.583. The van der Waals surface area contributed by atoms with E-state index in [4.69, 9.17) is 9.84 Å². The first-order chi connectivity index (χ1) is 10.1. The Bertz CT molecular complexity index is 628. The van der Waals surface area contributed by atoms with Gasteiger partial charge in [0.05, 0.1) is 5.75 Å². The summed E-state index contributed by atoms with van der Waals surface area (Å²) in [6.07, 6.45) is 0.898. The highest BCUT2D eigenvalue weighted by Gasteiger charge is 2.12. The van der Waals surface area contributed by atoms with E-state index in [9.17, 15) is 4.79 Å². The Labute approximate surface area is 127 Å². The Balaban J connectivity index is 2.02. The van der Waals surface area contributed by atoms with Gasteiger partial charge in [0.1, 0.15) is 12.4 Å². The number of hydrogen-bond acceptors (Lipinski definition) is 5. The maximum atomic E-state index is 10.6. The summed E-state index contributed by atoms with van der Waals surface area (Å²) in [4.78, 5) is 10.6.